The normalized spacial score (nSPS) is 21.3. The molecule has 2 N–H and O–H groups in total. The number of carbonyl (C=O) groups is 1. The number of thiophene rings is 1. The Kier molecular flexibility index (Phi) is 5.32. The molecule has 1 aliphatic rings. The highest BCUT2D eigenvalue weighted by Crippen LogP contribution is 2.32. The van der Waals surface area contributed by atoms with Crippen molar-refractivity contribution in [2.45, 2.75) is 32.7 Å². The van der Waals surface area contributed by atoms with E-state index in [2.05, 4.69) is 53.7 Å². The van der Waals surface area contributed by atoms with Gasteiger partial charge in [0.2, 0.25) is 0 Å². The number of aromatic amines is 1. The number of H-pyrrole nitrogens is 1. The van der Waals surface area contributed by atoms with E-state index < -0.39 is 0 Å². The first kappa shape index (κ1) is 18.3. The topological polar surface area (TPSA) is 46.5 Å². The van der Waals surface area contributed by atoms with Gasteiger partial charge in [-0.2, -0.15) is 0 Å². The first-order valence-corrected chi connectivity index (χ1v) is 10.7. The minimum atomic E-state index is -0.0208. The molecule has 0 saturated carbocycles. The number of quaternary nitrogens is 1. The van der Waals surface area contributed by atoms with Gasteiger partial charge in [0.15, 0.2) is 6.04 Å². The second-order valence-corrected chi connectivity index (χ2v) is 8.32. The summed E-state index contributed by atoms with van der Waals surface area (Å²) in [7, 11) is 0. The number of piperidine rings is 1. The lowest BCUT2D eigenvalue weighted by Gasteiger charge is -2.34. The van der Waals surface area contributed by atoms with Crippen LogP contribution in [-0.4, -0.2) is 30.6 Å². The van der Waals surface area contributed by atoms with Gasteiger partial charge in [-0.15, -0.1) is 11.3 Å². The van der Waals surface area contributed by atoms with Gasteiger partial charge in [0, 0.05) is 35.0 Å². The number of para-hydroxylation sites is 1. The summed E-state index contributed by atoms with van der Waals surface area (Å²) in [6.07, 6.45) is 1.80. The van der Waals surface area contributed by atoms with Gasteiger partial charge < -0.3 is 14.6 Å². The average molecular weight is 384 g/mol. The molecule has 3 heterocycles. The summed E-state index contributed by atoms with van der Waals surface area (Å²) in [6.45, 7) is 6.51. The Morgan fingerprint density at radius 2 is 2.04 bits per heavy atom. The summed E-state index contributed by atoms with van der Waals surface area (Å²) in [5.41, 5.74) is 3.85. The van der Waals surface area contributed by atoms with E-state index in [1.54, 1.807) is 4.90 Å². The van der Waals surface area contributed by atoms with Crippen molar-refractivity contribution in [3.8, 4) is 0 Å². The molecule has 4 nitrogen and oxygen atoms in total. The zero-order valence-electron chi connectivity index (χ0n) is 16.0. The minimum Gasteiger partial charge on any atom is -0.466 e. The first-order chi connectivity index (χ1) is 13.2. The molecule has 0 unspecified atom stereocenters. The Balaban J connectivity index is 1.66. The first-order valence-electron chi connectivity index (χ1n) is 9.80. The zero-order valence-corrected chi connectivity index (χ0v) is 16.8. The van der Waals surface area contributed by atoms with Crippen LogP contribution >= 0.6 is 11.3 Å². The molecular formula is C22H27N2O2S+. The molecule has 1 saturated heterocycles. The van der Waals surface area contributed by atoms with E-state index in [4.69, 9.17) is 4.74 Å². The fourth-order valence-corrected chi connectivity index (χ4v) is 5.34. The highest BCUT2D eigenvalue weighted by molar-refractivity contribution is 7.10. The monoisotopic (exact) mass is 383 g/mol. The smallest absolute Gasteiger partial charge is 0.309 e. The van der Waals surface area contributed by atoms with Crippen molar-refractivity contribution >= 4 is 28.2 Å². The maximum absolute atomic E-state index is 12.1. The number of rotatable bonds is 5. The predicted octanol–water partition coefficient (Wildman–Crippen LogP) is 3.49. The molecule has 5 heteroatoms. The van der Waals surface area contributed by atoms with Gasteiger partial charge in [0.1, 0.15) is 0 Å². The molecule has 0 radical (unpaired) electrons. The molecule has 0 amide bonds. The Labute approximate surface area is 164 Å². The number of hydrogen-bond acceptors (Lipinski definition) is 3. The number of nitrogens with one attached hydrogen (secondary N) is 2. The second-order valence-electron chi connectivity index (χ2n) is 7.34. The second kappa shape index (κ2) is 7.87. The van der Waals surface area contributed by atoms with E-state index in [0.717, 1.165) is 25.9 Å². The van der Waals surface area contributed by atoms with E-state index in [-0.39, 0.29) is 11.9 Å². The van der Waals surface area contributed by atoms with Crippen LogP contribution in [0, 0.1) is 12.8 Å². The lowest BCUT2D eigenvalue weighted by molar-refractivity contribution is -0.930. The number of ether oxygens (including phenoxy) is 1. The van der Waals surface area contributed by atoms with Crippen molar-refractivity contribution in [1.29, 1.82) is 0 Å². The summed E-state index contributed by atoms with van der Waals surface area (Å²) < 4.78 is 5.25. The third-order valence-corrected chi connectivity index (χ3v) is 6.65. The van der Waals surface area contributed by atoms with Gasteiger partial charge in [-0.1, -0.05) is 24.3 Å². The summed E-state index contributed by atoms with van der Waals surface area (Å²) in [6, 6.07) is 13.3. The van der Waals surface area contributed by atoms with Crippen LogP contribution in [0.2, 0.25) is 0 Å². The number of fused-ring (bicyclic) bond motifs is 1. The van der Waals surface area contributed by atoms with Gasteiger partial charge in [-0.05, 0) is 31.4 Å². The van der Waals surface area contributed by atoms with E-state index in [1.165, 1.54) is 27.0 Å². The molecular weight excluding hydrogens is 356 g/mol. The fourth-order valence-electron chi connectivity index (χ4n) is 4.45. The van der Waals surface area contributed by atoms with Crippen LogP contribution in [0.3, 0.4) is 0 Å². The van der Waals surface area contributed by atoms with Crippen LogP contribution in [-0.2, 0) is 9.53 Å². The largest absolute Gasteiger partial charge is 0.466 e. The van der Waals surface area contributed by atoms with Crippen LogP contribution in [0.1, 0.15) is 41.9 Å². The Bertz CT molecular complexity index is 908. The summed E-state index contributed by atoms with van der Waals surface area (Å²) in [4.78, 5) is 18.6. The Morgan fingerprint density at radius 3 is 2.74 bits per heavy atom. The number of aryl methyl sites for hydroxylation is 1. The highest BCUT2D eigenvalue weighted by Gasteiger charge is 2.36. The maximum Gasteiger partial charge on any atom is 0.309 e. The Morgan fingerprint density at radius 1 is 1.26 bits per heavy atom. The molecule has 1 atom stereocenters. The summed E-state index contributed by atoms with van der Waals surface area (Å²) in [5.74, 6) is 0.0363. The van der Waals surface area contributed by atoms with E-state index in [1.807, 2.05) is 18.3 Å². The standard InChI is InChI=1S/C22H26N2O2S/c1-3-26-22(25)16-10-12-24(13-11-16)21(19-9-6-14-27-19)20-15(2)23-18-8-5-4-7-17(18)20/h4-9,14,16,21,23H,3,10-13H2,1-2H3/p+1/t21-/m0/s1. The van der Waals surface area contributed by atoms with Gasteiger partial charge in [0.25, 0.3) is 0 Å². The molecule has 4 rings (SSSR count). The van der Waals surface area contributed by atoms with E-state index in [9.17, 15) is 4.79 Å². The number of hydrogen-bond donors (Lipinski definition) is 2. The highest BCUT2D eigenvalue weighted by atomic mass is 32.1. The third kappa shape index (κ3) is 3.54. The molecule has 27 heavy (non-hydrogen) atoms. The summed E-state index contributed by atoms with van der Waals surface area (Å²) >= 11 is 1.83. The minimum absolute atomic E-state index is 0.0208. The van der Waals surface area contributed by atoms with Gasteiger partial charge >= 0.3 is 5.97 Å². The van der Waals surface area contributed by atoms with Gasteiger partial charge in [-0.3, -0.25) is 4.79 Å². The lowest BCUT2D eigenvalue weighted by Crippen LogP contribution is -3.13. The van der Waals surface area contributed by atoms with Gasteiger partial charge in [-0.25, -0.2) is 0 Å². The molecule has 3 aromatic rings. The van der Waals surface area contributed by atoms with Crippen molar-refractivity contribution in [1.82, 2.24) is 4.98 Å². The molecule has 1 aliphatic heterocycles. The zero-order chi connectivity index (χ0) is 18.8. The summed E-state index contributed by atoms with van der Waals surface area (Å²) in [5, 5.41) is 3.48. The fraction of sp³-hybridized carbons (Fsp3) is 0.409. The SMILES string of the molecule is CCOC(=O)C1CC[NH+]([C@@H](c2cccs2)c2c(C)[nH]c3ccccc23)CC1. The van der Waals surface area contributed by atoms with E-state index in [0.29, 0.717) is 12.6 Å². The van der Waals surface area contributed by atoms with Gasteiger partial charge in [0.05, 0.1) is 30.5 Å². The number of likely N-dealkylation sites (tertiary alicyclic amines) is 1. The molecule has 2 aromatic heterocycles. The van der Waals surface area contributed by atoms with Crippen molar-refractivity contribution in [2.75, 3.05) is 19.7 Å². The maximum atomic E-state index is 12.1. The molecule has 0 aliphatic carbocycles. The van der Waals surface area contributed by atoms with Crippen LogP contribution in [0.25, 0.3) is 10.9 Å². The number of carbonyl (C=O) groups excluding carboxylic acids is 1. The molecule has 0 spiro atoms. The molecule has 1 fully saturated rings. The number of esters is 1. The van der Waals surface area contributed by atoms with Crippen LogP contribution in [0.4, 0.5) is 0 Å². The van der Waals surface area contributed by atoms with Crippen molar-refractivity contribution in [3.05, 3.63) is 57.9 Å². The molecule has 0 bridgehead atoms. The van der Waals surface area contributed by atoms with Crippen molar-refractivity contribution in [2.24, 2.45) is 5.92 Å². The van der Waals surface area contributed by atoms with Crippen molar-refractivity contribution < 1.29 is 14.4 Å². The lowest BCUT2D eigenvalue weighted by atomic mass is 9.92. The molecule has 142 valence electrons. The average Bonchev–Trinajstić information content (AvgIpc) is 3.32. The third-order valence-electron chi connectivity index (χ3n) is 5.72. The van der Waals surface area contributed by atoms with Crippen LogP contribution in [0.15, 0.2) is 41.8 Å². The van der Waals surface area contributed by atoms with E-state index >= 15 is 0 Å². The molecule has 1 aromatic carbocycles. The number of benzene rings is 1. The predicted molar refractivity (Wildman–Crippen MR) is 109 cm³/mol. The number of aromatic nitrogens is 1. The van der Waals surface area contributed by atoms with Crippen molar-refractivity contribution in [3.63, 3.8) is 0 Å². The quantitative estimate of drug-likeness (QED) is 0.663. The van der Waals surface area contributed by atoms with Crippen LogP contribution < -0.4 is 4.90 Å². The van der Waals surface area contributed by atoms with Crippen LogP contribution in [0.5, 0.6) is 0 Å². The Hall–Kier alpha value is -2.11.